The zero-order chi connectivity index (χ0) is 14.0. The fourth-order valence-electron chi connectivity index (χ4n) is 1.39. The van der Waals surface area contributed by atoms with Gasteiger partial charge < -0.3 is 9.15 Å². The molecule has 0 aliphatic heterocycles. The predicted octanol–water partition coefficient (Wildman–Crippen LogP) is 4.90. The largest absolute Gasteiger partial charge is 0.573 e. The third kappa shape index (κ3) is 3.73. The Morgan fingerprint density at radius 2 is 1.84 bits per heavy atom. The molecule has 0 unspecified atom stereocenters. The van der Waals surface area contributed by atoms with Crippen LogP contribution in [0.15, 0.2) is 33.3 Å². The van der Waals surface area contributed by atoms with Crippen molar-refractivity contribution < 1.29 is 22.3 Å². The van der Waals surface area contributed by atoms with Crippen LogP contribution in [0.25, 0.3) is 11.3 Å². The summed E-state index contributed by atoms with van der Waals surface area (Å²) in [6.07, 6.45) is -4.70. The SMILES string of the molecule is FC(F)(F)Oc1ccc(-c2oc(CBr)nc2Br)cc1. The molecule has 1 aromatic heterocycles. The average Bonchev–Trinajstić information content (AvgIpc) is 2.70. The number of hydrogen-bond acceptors (Lipinski definition) is 3. The normalized spacial score (nSPS) is 11.6. The smallest absolute Gasteiger partial charge is 0.439 e. The van der Waals surface area contributed by atoms with E-state index >= 15 is 0 Å². The van der Waals surface area contributed by atoms with Crippen LogP contribution in [0, 0.1) is 0 Å². The van der Waals surface area contributed by atoms with Crippen LogP contribution in [0.3, 0.4) is 0 Å². The Morgan fingerprint density at radius 1 is 1.21 bits per heavy atom. The highest BCUT2D eigenvalue weighted by atomic mass is 79.9. The zero-order valence-corrected chi connectivity index (χ0v) is 12.3. The number of nitrogens with zero attached hydrogens (tertiary/aromatic N) is 1. The molecule has 0 spiro atoms. The topological polar surface area (TPSA) is 35.3 Å². The molecule has 0 radical (unpaired) electrons. The van der Waals surface area contributed by atoms with E-state index < -0.39 is 6.36 Å². The minimum atomic E-state index is -4.70. The molecule has 102 valence electrons. The van der Waals surface area contributed by atoms with Crippen LogP contribution >= 0.6 is 31.9 Å². The third-order valence-electron chi connectivity index (χ3n) is 2.09. The summed E-state index contributed by atoms with van der Waals surface area (Å²) in [5.74, 6) is 0.637. The Hall–Kier alpha value is -1.02. The molecule has 0 atom stereocenters. The molecule has 0 saturated carbocycles. The van der Waals surface area contributed by atoms with Crippen molar-refractivity contribution in [1.82, 2.24) is 4.98 Å². The molecular formula is C11H6Br2F3NO2. The molecule has 2 rings (SSSR count). The average molecular weight is 401 g/mol. The number of ether oxygens (including phenoxy) is 1. The van der Waals surface area contributed by atoms with E-state index in [0.717, 1.165) is 0 Å². The highest BCUT2D eigenvalue weighted by molar-refractivity contribution is 9.10. The van der Waals surface area contributed by atoms with Crippen molar-refractivity contribution in [3.63, 3.8) is 0 Å². The molecule has 3 nitrogen and oxygen atoms in total. The maximum atomic E-state index is 12.0. The van der Waals surface area contributed by atoms with E-state index in [9.17, 15) is 13.2 Å². The van der Waals surface area contributed by atoms with Gasteiger partial charge in [-0.2, -0.15) is 0 Å². The van der Waals surface area contributed by atoms with Crippen LogP contribution in [0.4, 0.5) is 13.2 Å². The van der Waals surface area contributed by atoms with E-state index in [1.807, 2.05) is 0 Å². The fraction of sp³-hybridized carbons (Fsp3) is 0.182. The maximum Gasteiger partial charge on any atom is 0.573 e. The van der Waals surface area contributed by atoms with Gasteiger partial charge in [0.1, 0.15) is 5.75 Å². The van der Waals surface area contributed by atoms with Crippen LogP contribution in [0.2, 0.25) is 0 Å². The summed E-state index contributed by atoms with van der Waals surface area (Å²) in [6, 6.07) is 5.35. The van der Waals surface area contributed by atoms with Gasteiger partial charge in [0, 0.05) is 5.56 Å². The summed E-state index contributed by atoms with van der Waals surface area (Å²) in [4.78, 5) is 4.08. The van der Waals surface area contributed by atoms with Crippen molar-refractivity contribution >= 4 is 31.9 Å². The monoisotopic (exact) mass is 399 g/mol. The third-order valence-corrected chi connectivity index (χ3v) is 3.11. The Balaban J connectivity index is 2.24. The molecule has 0 bridgehead atoms. The highest BCUT2D eigenvalue weighted by Crippen LogP contribution is 2.31. The van der Waals surface area contributed by atoms with Gasteiger partial charge in [-0.1, -0.05) is 15.9 Å². The van der Waals surface area contributed by atoms with Gasteiger partial charge in [-0.3, -0.25) is 0 Å². The highest BCUT2D eigenvalue weighted by Gasteiger charge is 2.31. The zero-order valence-electron chi connectivity index (χ0n) is 9.17. The Bertz CT molecular complexity index is 566. The van der Waals surface area contributed by atoms with Crippen molar-refractivity contribution in [2.24, 2.45) is 0 Å². The molecule has 0 aliphatic carbocycles. The summed E-state index contributed by atoms with van der Waals surface area (Å²) in [6.45, 7) is 0. The van der Waals surface area contributed by atoms with E-state index in [1.165, 1.54) is 24.3 Å². The first kappa shape index (κ1) is 14.4. The number of rotatable bonds is 3. The molecule has 0 N–H and O–H groups in total. The van der Waals surface area contributed by atoms with Crippen LogP contribution in [0.1, 0.15) is 5.89 Å². The molecule has 8 heteroatoms. The molecule has 0 amide bonds. The number of aromatic nitrogens is 1. The van der Waals surface area contributed by atoms with Gasteiger partial charge in [-0.25, -0.2) is 4.98 Å². The van der Waals surface area contributed by atoms with E-state index in [2.05, 4.69) is 41.6 Å². The number of alkyl halides is 4. The number of hydrogen-bond donors (Lipinski definition) is 0. The van der Waals surface area contributed by atoms with Crippen LogP contribution < -0.4 is 4.74 Å². The lowest BCUT2D eigenvalue weighted by Gasteiger charge is -2.08. The lowest BCUT2D eigenvalue weighted by atomic mass is 10.2. The van der Waals surface area contributed by atoms with Crippen molar-refractivity contribution in [3.05, 3.63) is 34.8 Å². The lowest BCUT2D eigenvalue weighted by molar-refractivity contribution is -0.274. The number of oxazole rings is 1. The minimum Gasteiger partial charge on any atom is -0.439 e. The fourth-order valence-corrected chi connectivity index (χ4v) is 2.13. The minimum absolute atomic E-state index is 0.285. The second-order valence-corrected chi connectivity index (χ2v) is 4.75. The quantitative estimate of drug-likeness (QED) is 0.687. The van der Waals surface area contributed by atoms with E-state index in [1.54, 1.807) is 0 Å². The molecule has 0 aliphatic rings. The van der Waals surface area contributed by atoms with E-state index in [0.29, 0.717) is 27.1 Å². The number of halogens is 5. The van der Waals surface area contributed by atoms with Crippen LogP contribution in [-0.4, -0.2) is 11.3 Å². The van der Waals surface area contributed by atoms with Gasteiger partial charge in [0.05, 0.1) is 5.33 Å². The molecule has 0 saturated heterocycles. The van der Waals surface area contributed by atoms with Crippen molar-refractivity contribution in [2.75, 3.05) is 0 Å². The van der Waals surface area contributed by atoms with Gasteiger partial charge in [-0.15, -0.1) is 13.2 Å². The summed E-state index contributed by atoms with van der Waals surface area (Å²) >= 11 is 6.43. The summed E-state index contributed by atoms with van der Waals surface area (Å²) in [7, 11) is 0. The second kappa shape index (κ2) is 5.54. The van der Waals surface area contributed by atoms with Gasteiger partial charge in [0.25, 0.3) is 0 Å². The Labute approximate surface area is 123 Å². The summed E-state index contributed by atoms with van der Waals surface area (Å²) < 4.78 is 45.7. The van der Waals surface area contributed by atoms with Gasteiger partial charge in [0.2, 0.25) is 5.89 Å². The van der Waals surface area contributed by atoms with Crippen molar-refractivity contribution in [3.8, 4) is 17.1 Å². The van der Waals surface area contributed by atoms with Crippen LogP contribution in [0.5, 0.6) is 5.75 Å². The molecular weight excluding hydrogens is 395 g/mol. The van der Waals surface area contributed by atoms with Crippen LogP contribution in [-0.2, 0) is 5.33 Å². The van der Waals surface area contributed by atoms with E-state index in [-0.39, 0.29) is 5.75 Å². The molecule has 1 aromatic carbocycles. The Kier molecular flexibility index (Phi) is 4.19. The first-order chi connectivity index (χ1) is 8.89. The first-order valence-electron chi connectivity index (χ1n) is 4.96. The number of benzene rings is 1. The maximum absolute atomic E-state index is 12.0. The summed E-state index contributed by atoms with van der Waals surface area (Å²) in [5, 5.41) is 0.445. The second-order valence-electron chi connectivity index (χ2n) is 3.43. The summed E-state index contributed by atoms with van der Waals surface area (Å²) in [5.41, 5.74) is 0.598. The Morgan fingerprint density at radius 3 is 2.32 bits per heavy atom. The predicted molar refractivity (Wildman–Crippen MR) is 69.0 cm³/mol. The van der Waals surface area contributed by atoms with Gasteiger partial charge in [-0.05, 0) is 40.2 Å². The molecule has 1 heterocycles. The first-order valence-corrected chi connectivity index (χ1v) is 6.88. The van der Waals surface area contributed by atoms with Gasteiger partial charge >= 0.3 is 6.36 Å². The van der Waals surface area contributed by atoms with Gasteiger partial charge in [0.15, 0.2) is 10.4 Å². The van der Waals surface area contributed by atoms with Crippen molar-refractivity contribution in [2.45, 2.75) is 11.7 Å². The van der Waals surface area contributed by atoms with E-state index in [4.69, 9.17) is 4.42 Å². The standard InChI is InChI=1S/C11H6Br2F3NO2/c12-5-8-17-10(13)9(18-8)6-1-3-7(4-2-6)19-11(14,15)16/h1-4H,5H2. The van der Waals surface area contributed by atoms with Crippen molar-refractivity contribution in [1.29, 1.82) is 0 Å². The lowest BCUT2D eigenvalue weighted by Crippen LogP contribution is -2.16. The molecule has 2 aromatic rings. The molecule has 0 fully saturated rings. The molecule has 19 heavy (non-hydrogen) atoms.